The number of nitrogens with zero attached hydrogens (tertiary/aromatic N) is 5. The van der Waals surface area contributed by atoms with Gasteiger partial charge in [0, 0.05) is 30.3 Å². The Balaban J connectivity index is 1.28. The van der Waals surface area contributed by atoms with E-state index in [1.165, 1.54) is 34.5 Å². The molecule has 9 nitrogen and oxygen atoms in total. The van der Waals surface area contributed by atoms with E-state index in [2.05, 4.69) is 5.10 Å². The standard InChI is InChI=1S/C21H19N5O4S/c27-21-24(17-13-16(26(28)29)9-10-18(17)30-21)11-4-12-31-20-22-19(14-7-8-14)25(23-20)15-5-2-1-3-6-15/h1-3,5-6,9-10,13-14H,4,7-8,11-12H2. The van der Waals surface area contributed by atoms with Gasteiger partial charge in [0.25, 0.3) is 5.69 Å². The molecule has 1 fully saturated rings. The summed E-state index contributed by atoms with van der Waals surface area (Å²) in [6.45, 7) is 0.398. The Morgan fingerprint density at radius 1 is 1.19 bits per heavy atom. The summed E-state index contributed by atoms with van der Waals surface area (Å²) in [5, 5.41) is 16.4. The highest BCUT2D eigenvalue weighted by Gasteiger charge is 2.30. The van der Waals surface area contributed by atoms with Crippen LogP contribution in [-0.2, 0) is 6.54 Å². The van der Waals surface area contributed by atoms with E-state index in [4.69, 9.17) is 9.40 Å². The van der Waals surface area contributed by atoms with E-state index in [0.717, 1.165) is 24.4 Å². The van der Waals surface area contributed by atoms with E-state index >= 15 is 0 Å². The minimum absolute atomic E-state index is 0.0697. The molecule has 0 N–H and O–H groups in total. The number of aromatic nitrogens is 4. The molecule has 2 aromatic carbocycles. The molecule has 0 bridgehead atoms. The van der Waals surface area contributed by atoms with Gasteiger partial charge in [-0.15, -0.1) is 5.10 Å². The van der Waals surface area contributed by atoms with E-state index in [-0.39, 0.29) is 5.69 Å². The molecule has 31 heavy (non-hydrogen) atoms. The monoisotopic (exact) mass is 437 g/mol. The maximum Gasteiger partial charge on any atom is 0.419 e. The lowest BCUT2D eigenvalue weighted by molar-refractivity contribution is -0.384. The molecule has 0 saturated heterocycles. The predicted octanol–water partition coefficient (Wildman–Crippen LogP) is 4.14. The van der Waals surface area contributed by atoms with Gasteiger partial charge in [0.2, 0.25) is 5.16 Å². The summed E-state index contributed by atoms with van der Waals surface area (Å²) in [5.41, 5.74) is 1.72. The highest BCUT2D eigenvalue weighted by molar-refractivity contribution is 7.99. The van der Waals surface area contributed by atoms with Gasteiger partial charge in [-0.2, -0.15) is 0 Å². The largest absolute Gasteiger partial charge is 0.419 e. The van der Waals surface area contributed by atoms with Gasteiger partial charge >= 0.3 is 5.76 Å². The van der Waals surface area contributed by atoms with Gasteiger partial charge in [-0.1, -0.05) is 30.0 Å². The van der Waals surface area contributed by atoms with Gasteiger partial charge in [0.1, 0.15) is 5.82 Å². The van der Waals surface area contributed by atoms with Gasteiger partial charge < -0.3 is 4.42 Å². The number of benzene rings is 2. The summed E-state index contributed by atoms with van der Waals surface area (Å²) in [6, 6.07) is 14.1. The van der Waals surface area contributed by atoms with Crippen molar-refractivity contribution in [3.05, 3.63) is 75.0 Å². The fourth-order valence-electron chi connectivity index (χ4n) is 3.49. The molecule has 158 valence electrons. The summed E-state index contributed by atoms with van der Waals surface area (Å²) < 4.78 is 8.56. The van der Waals surface area contributed by atoms with E-state index in [1.807, 2.05) is 35.0 Å². The van der Waals surface area contributed by atoms with Crippen molar-refractivity contribution in [1.82, 2.24) is 19.3 Å². The normalized spacial score (nSPS) is 13.7. The van der Waals surface area contributed by atoms with Gasteiger partial charge in [-0.25, -0.2) is 14.5 Å². The molecule has 0 atom stereocenters. The van der Waals surface area contributed by atoms with E-state index < -0.39 is 10.7 Å². The Hall–Kier alpha value is -3.40. The molecule has 0 spiro atoms. The average molecular weight is 437 g/mol. The fourth-order valence-corrected chi connectivity index (χ4v) is 4.25. The van der Waals surface area contributed by atoms with Gasteiger partial charge in [0.15, 0.2) is 5.58 Å². The second-order valence-corrected chi connectivity index (χ2v) is 8.47. The molecule has 0 radical (unpaired) electrons. The van der Waals surface area contributed by atoms with Crippen LogP contribution in [0.1, 0.15) is 31.0 Å². The van der Waals surface area contributed by atoms with Crippen molar-refractivity contribution in [2.24, 2.45) is 0 Å². The lowest BCUT2D eigenvalue weighted by Crippen LogP contribution is -2.14. The van der Waals surface area contributed by atoms with E-state index in [1.54, 1.807) is 0 Å². The number of thioether (sulfide) groups is 1. The van der Waals surface area contributed by atoms with E-state index in [9.17, 15) is 14.9 Å². The molecule has 0 amide bonds. The second kappa shape index (κ2) is 8.03. The third kappa shape index (κ3) is 3.98. The zero-order valence-electron chi connectivity index (χ0n) is 16.5. The van der Waals surface area contributed by atoms with Gasteiger partial charge in [-0.3, -0.25) is 14.7 Å². The van der Waals surface area contributed by atoms with Crippen molar-refractivity contribution in [2.45, 2.75) is 36.9 Å². The van der Waals surface area contributed by atoms with Crippen LogP contribution in [0.25, 0.3) is 16.8 Å². The zero-order chi connectivity index (χ0) is 21.4. The van der Waals surface area contributed by atoms with Crippen LogP contribution < -0.4 is 5.76 Å². The number of hydrogen-bond donors (Lipinski definition) is 0. The van der Waals surface area contributed by atoms with Crippen LogP contribution in [0.2, 0.25) is 0 Å². The first-order valence-corrected chi connectivity index (χ1v) is 11.0. The van der Waals surface area contributed by atoms with Crippen LogP contribution in [0.4, 0.5) is 5.69 Å². The zero-order valence-corrected chi connectivity index (χ0v) is 17.3. The van der Waals surface area contributed by atoms with Gasteiger partial charge in [0.05, 0.1) is 16.1 Å². The molecule has 2 heterocycles. The molecule has 0 unspecified atom stereocenters. The number of hydrogen-bond acceptors (Lipinski definition) is 7. The Morgan fingerprint density at radius 2 is 2.00 bits per heavy atom. The molecular weight excluding hydrogens is 418 g/mol. The van der Waals surface area contributed by atoms with Crippen LogP contribution in [0, 0.1) is 10.1 Å². The Labute approximate surface area is 180 Å². The second-order valence-electron chi connectivity index (χ2n) is 7.40. The predicted molar refractivity (Wildman–Crippen MR) is 116 cm³/mol. The number of para-hydroxylation sites is 1. The molecular formula is C21H19N5O4S. The number of fused-ring (bicyclic) bond motifs is 1. The van der Waals surface area contributed by atoms with Crippen molar-refractivity contribution in [2.75, 3.05) is 5.75 Å². The quantitative estimate of drug-likeness (QED) is 0.176. The van der Waals surface area contributed by atoms with E-state index in [0.29, 0.717) is 40.9 Å². The smallest absolute Gasteiger partial charge is 0.408 e. The maximum absolute atomic E-state index is 12.2. The minimum atomic E-state index is -0.511. The summed E-state index contributed by atoms with van der Waals surface area (Å²) in [5.74, 6) is 1.66. The molecule has 1 aliphatic rings. The first kappa shape index (κ1) is 19.6. The minimum Gasteiger partial charge on any atom is -0.408 e. The van der Waals surface area contributed by atoms with Crippen LogP contribution >= 0.6 is 11.8 Å². The number of rotatable bonds is 8. The molecule has 1 aliphatic carbocycles. The molecule has 0 aliphatic heterocycles. The van der Waals surface area contributed by atoms with Crippen LogP contribution in [0.15, 0.2) is 62.9 Å². The first-order chi connectivity index (χ1) is 15.1. The molecule has 1 saturated carbocycles. The summed E-state index contributed by atoms with van der Waals surface area (Å²) in [7, 11) is 0. The summed E-state index contributed by atoms with van der Waals surface area (Å²) in [4.78, 5) is 27.4. The van der Waals surface area contributed by atoms with Crippen LogP contribution in [-0.4, -0.2) is 30.0 Å². The maximum atomic E-state index is 12.2. The molecule has 5 rings (SSSR count). The Morgan fingerprint density at radius 3 is 2.74 bits per heavy atom. The first-order valence-electron chi connectivity index (χ1n) is 10.0. The number of oxazole rings is 1. The molecule has 10 heteroatoms. The van der Waals surface area contributed by atoms with Crippen LogP contribution in [0.3, 0.4) is 0 Å². The van der Waals surface area contributed by atoms with Crippen LogP contribution in [0.5, 0.6) is 0 Å². The highest BCUT2D eigenvalue weighted by Crippen LogP contribution is 2.40. The fraction of sp³-hybridized carbons (Fsp3) is 0.286. The van der Waals surface area contributed by atoms with Crippen molar-refractivity contribution in [3.8, 4) is 5.69 Å². The lowest BCUT2D eigenvalue weighted by atomic mass is 10.3. The van der Waals surface area contributed by atoms with Crippen molar-refractivity contribution in [1.29, 1.82) is 0 Å². The molecule has 4 aromatic rings. The number of nitro groups is 1. The van der Waals surface area contributed by atoms with Crippen molar-refractivity contribution >= 4 is 28.5 Å². The number of nitro benzene ring substituents is 1. The topological polar surface area (TPSA) is 109 Å². The third-order valence-corrected chi connectivity index (χ3v) is 6.10. The average Bonchev–Trinajstić information content (AvgIpc) is 3.46. The molecule has 2 aromatic heterocycles. The summed E-state index contributed by atoms with van der Waals surface area (Å²) in [6.07, 6.45) is 2.94. The number of non-ortho nitro benzene ring substituents is 1. The number of aryl methyl sites for hydroxylation is 1. The Kier molecular flexibility index (Phi) is 5.06. The SMILES string of the molecule is O=c1oc2ccc([N+](=O)[O-])cc2n1CCCSc1nc(C2CC2)n(-c2ccccc2)n1. The van der Waals surface area contributed by atoms with Crippen molar-refractivity contribution in [3.63, 3.8) is 0 Å². The summed E-state index contributed by atoms with van der Waals surface area (Å²) >= 11 is 1.54. The van der Waals surface area contributed by atoms with Crippen molar-refractivity contribution < 1.29 is 9.34 Å². The lowest BCUT2D eigenvalue weighted by Gasteiger charge is -2.03. The Bertz CT molecular complexity index is 1310. The third-order valence-electron chi connectivity index (χ3n) is 5.18. The van der Waals surface area contributed by atoms with Gasteiger partial charge in [-0.05, 0) is 37.5 Å². The highest BCUT2D eigenvalue weighted by atomic mass is 32.2.